The number of hydrogen-bond donors (Lipinski definition) is 3. The molecular weight excluding hydrogens is 256 g/mol. The zero-order valence-electron chi connectivity index (χ0n) is 11.9. The number of nitrogens with zero attached hydrogens (tertiary/aromatic N) is 1. The molecule has 110 valence electrons. The van der Waals surface area contributed by atoms with Crippen LogP contribution < -0.4 is 16.1 Å². The summed E-state index contributed by atoms with van der Waals surface area (Å²) in [5, 5.41) is 6.10. The SMILES string of the molecule is Cc1cc(=O)c(C(=O)NCCCN2CCNCC2)c[nH]1. The van der Waals surface area contributed by atoms with Crippen LogP contribution in [0.1, 0.15) is 22.5 Å². The Morgan fingerprint density at radius 1 is 1.40 bits per heavy atom. The van der Waals surface area contributed by atoms with Crippen LogP contribution in [-0.4, -0.2) is 55.1 Å². The van der Waals surface area contributed by atoms with Crippen molar-refractivity contribution < 1.29 is 4.79 Å². The molecule has 0 radical (unpaired) electrons. The Kier molecular flexibility index (Phi) is 5.31. The van der Waals surface area contributed by atoms with E-state index in [-0.39, 0.29) is 16.9 Å². The van der Waals surface area contributed by atoms with Gasteiger partial charge >= 0.3 is 0 Å². The predicted octanol–water partition coefficient (Wildman–Crippen LogP) is -0.292. The Hall–Kier alpha value is -1.66. The lowest BCUT2D eigenvalue weighted by Crippen LogP contribution is -2.44. The lowest BCUT2D eigenvalue weighted by Gasteiger charge is -2.27. The van der Waals surface area contributed by atoms with Gasteiger partial charge in [-0.15, -0.1) is 0 Å². The molecule has 0 spiro atoms. The van der Waals surface area contributed by atoms with Gasteiger partial charge in [0.05, 0.1) is 0 Å². The molecule has 0 bridgehead atoms. The first-order valence-electron chi connectivity index (χ1n) is 7.07. The minimum atomic E-state index is -0.299. The van der Waals surface area contributed by atoms with Crippen molar-refractivity contribution in [3.05, 3.63) is 33.7 Å². The van der Waals surface area contributed by atoms with Gasteiger partial charge in [0.15, 0.2) is 5.43 Å². The molecule has 2 heterocycles. The third-order valence-electron chi connectivity index (χ3n) is 3.45. The van der Waals surface area contributed by atoms with Crippen LogP contribution in [0.3, 0.4) is 0 Å². The fraction of sp³-hybridized carbons (Fsp3) is 0.571. The zero-order valence-corrected chi connectivity index (χ0v) is 11.9. The fourth-order valence-corrected chi connectivity index (χ4v) is 2.29. The van der Waals surface area contributed by atoms with E-state index < -0.39 is 0 Å². The number of aryl methyl sites for hydroxylation is 1. The molecule has 1 amide bonds. The van der Waals surface area contributed by atoms with Crippen LogP contribution in [0, 0.1) is 6.92 Å². The van der Waals surface area contributed by atoms with E-state index in [1.165, 1.54) is 12.3 Å². The van der Waals surface area contributed by atoms with E-state index in [0.717, 1.165) is 44.8 Å². The van der Waals surface area contributed by atoms with Crippen molar-refractivity contribution in [1.82, 2.24) is 20.5 Å². The molecule has 0 atom stereocenters. The van der Waals surface area contributed by atoms with Gasteiger partial charge in [0, 0.05) is 50.7 Å². The molecule has 0 unspecified atom stereocenters. The summed E-state index contributed by atoms with van der Waals surface area (Å²) < 4.78 is 0. The number of hydrogen-bond acceptors (Lipinski definition) is 4. The summed E-state index contributed by atoms with van der Waals surface area (Å²) >= 11 is 0. The highest BCUT2D eigenvalue weighted by atomic mass is 16.2. The van der Waals surface area contributed by atoms with Crippen molar-refractivity contribution in [3.8, 4) is 0 Å². The first-order chi connectivity index (χ1) is 9.66. The second-order valence-corrected chi connectivity index (χ2v) is 5.10. The summed E-state index contributed by atoms with van der Waals surface area (Å²) in [4.78, 5) is 28.8. The van der Waals surface area contributed by atoms with Crippen LogP contribution >= 0.6 is 0 Å². The number of aromatic nitrogens is 1. The smallest absolute Gasteiger partial charge is 0.256 e. The summed E-state index contributed by atoms with van der Waals surface area (Å²) in [6.07, 6.45) is 2.37. The van der Waals surface area contributed by atoms with Crippen LogP contribution in [-0.2, 0) is 0 Å². The van der Waals surface area contributed by atoms with Gasteiger partial charge in [-0.1, -0.05) is 0 Å². The quantitative estimate of drug-likeness (QED) is 0.647. The van der Waals surface area contributed by atoms with Gasteiger partial charge < -0.3 is 20.5 Å². The average Bonchev–Trinajstić information content (AvgIpc) is 2.44. The molecule has 2 rings (SSSR count). The highest BCUT2D eigenvalue weighted by molar-refractivity contribution is 5.93. The van der Waals surface area contributed by atoms with Crippen molar-refractivity contribution in [2.45, 2.75) is 13.3 Å². The first kappa shape index (κ1) is 14.7. The molecule has 1 aliphatic rings. The molecule has 1 aromatic heterocycles. The maximum absolute atomic E-state index is 11.9. The summed E-state index contributed by atoms with van der Waals surface area (Å²) in [7, 11) is 0. The average molecular weight is 278 g/mol. The number of nitrogens with one attached hydrogen (secondary N) is 3. The van der Waals surface area contributed by atoms with Crippen molar-refractivity contribution in [3.63, 3.8) is 0 Å². The van der Waals surface area contributed by atoms with E-state index in [0.29, 0.717) is 6.54 Å². The zero-order chi connectivity index (χ0) is 14.4. The second-order valence-electron chi connectivity index (χ2n) is 5.10. The maximum Gasteiger partial charge on any atom is 0.256 e. The summed E-state index contributed by atoms with van der Waals surface area (Å²) in [5.74, 6) is -0.299. The lowest BCUT2D eigenvalue weighted by molar-refractivity contribution is 0.0950. The van der Waals surface area contributed by atoms with Crippen LogP contribution in [0.15, 0.2) is 17.1 Å². The molecule has 1 aliphatic heterocycles. The van der Waals surface area contributed by atoms with Gasteiger partial charge in [0.2, 0.25) is 0 Å². The number of H-pyrrole nitrogens is 1. The number of pyridine rings is 1. The van der Waals surface area contributed by atoms with Crippen molar-refractivity contribution in [1.29, 1.82) is 0 Å². The van der Waals surface area contributed by atoms with Gasteiger partial charge in [-0.2, -0.15) is 0 Å². The predicted molar refractivity (Wildman–Crippen MR) is 78.1 cm³/mol. The van der Waals surface area contributed by atoms with Gasteiger partial charge in [0.1, 0.15) is 5.56 Å². The second kappa shape index (κ2) is 7.21. The first-order valence-corrected chi connectivity index (χ1v) is 7.07. The van der Waals surface area contributed by atoms with Gasteiger partial charge in [0.25, 0.3) is 5.91 Å². The van der Waals surface area contributed by atoms with Gasteiger partial charge in [-0.3, -0.25) is 9.59 Å². The monoisotopic (exact) mass is 278 g/mol. The number of rotatable bonds is 5. The van der Waals surface area contributed by atoms with E-state index in [1.807, 2.05) is 0 Å². The van der Waals surface area contributed by atoms with E-state index in [4.69, 9.17) is 0 Å². The molecule has 6 nitrogen and oxygen atoms in total. The number of carbonyl (C=O) groups is 1. The Labute approximate surface area is 118 Å². The van der Waals surface area contributed by atoms with E-state index in [1.54, 1.807) is 6.92 Å². The number of aromatic amines is 1. The summed E-state index contributed by atoms with van der Waals surface area (Å²) in [6, 6.07) is 1.44. The van der Waals surface area contributed by atoms with Crippen LogP contribution in [0.5, 0.6) is 0 Å². The molecule has 3 N–H and O–H groups in total. The van der Waals surface area contributed by atoms with Gasteiger partial charge in [-0.05, 0) is 19.9 Å². The largest absolute Gasteiger partial charge is 0.364 e. The molecule has 0 saturated carbocycles. The summed E-state index contributed by atoms with van der Waals surface area (Å²) in [6.45, 7) is 7.55. The third-order valence-corrected chi connectivity index (χ3v) is 3.45. The Morgan fingerprint density at radius 2 is 2.15 bits per heavy atom. The minimum Gasteiger partial charge on any atom is -0.364 e. The molecule has 1 saturated heterocycles. The molecular formula is C14H22N4O2. The van der Waals surface area contributed by atoms with E-state index in [9.17, 15) is 9.59 Å². The third kappa shape index (κ3) is 4.18. The van der Waals surface area contributed by atoms with Crippen LogP contribution in [0.4, 0.5) is 0 Å². The normalized spacial score (nSPS) is 16.1. The highest BCUT2D eigenvalue weighted by Gasteiger charge is 2.11. The fourth-order valence-electron chi connectivity index (χ4n) is 2.29. The van der Waals surface area contributed by atoms with E-state index in [2.05, 4.69) is 20.5 Å². The molecule has 1 aromatic rings. The summed E-state index contributed by atoms with van der Waals surface area (Å²) in [5.41, 5.74) is 0.698. The molecule has 0 aliphatic carbocycles. The standard InChI is InChI=1S/C14H22N4O2/c1-11-9-13(19)12(10-17-11)14(20)16-3-2-6-18-7-4-15-5-8-18/h9-10,15H,2-8H2,1H3,(H,16,20)(H,17,19). The Balaban J connectivity index is 1.73. The maximum atomic E-state index is 11.9. The molecule has 1 fully saturated rings. The molecule has 20 heavy (non-hydrogen) atoms. The van der Waals surface area contributed by atoms with Crippen LogP contribution in [0.2, 0.25) is 0 Å². The van der Waals surface area contributed by atoms with Gasteiger partial charge in [-0.25, -0.2) is 0 Å². The number of amides is 1. The van der Waals surface area contributed by atoms with Crippen molar-refractivity contribution in [2.75, 3.05) is 39.3 Å². The number of piperazine rings is 1. The van der Waals surface area contributed by atoms with Crippen molar-refractivity contribution in [2.24, 2.45) is 0 Å². The molecule has 6 heteroatoms. The Morgan fingerprint density at radius 3 is 2.85 bits per heavy atom. The minimum absolute atomic E-state index is 0.178. The molecule has 0 aromatic carbocycles. The van der Waals surface area contributed by atoms with E-state index >= 15 is 0 Å². The topological polar surface area (TPSA) is 77.2 Å². The lowest BCUT2D eigenvalue weighted by atomic mass is 10.2. The highest BCUT2D eigenvalue weighted by Crippen LogP contribution is 1.95. The van der Waals surface area contributed by atoms with Crippen molar-refractivity contribution >= 4 is 5.91 Å². The Bertz CT molecular complexity index is 506. The number of carbonyl (C=O) groups excluding carboxylic acids is 1. The van der Waals surface area contributed by atoms with Crippen LogP contribution in [0.25, 0.3) is 0 Å².